The molecule has 6 rings (SSSR count). The summed E-state index contributed by atoms with van der Waals surface area (Å²) < 4.78 is 24.4. The molecule has 11 nitrogen and oxygen atoms in total. The highest BCUT2D eigenvalue weighted by atomic mass is 16.7. The van der Waals surface area contributed by atoms with Crippen LogP contribution in [0.4, 0.5) is 0 Å². The van der Waals surface area contributed by atoms with E-state index in [0.717, 1.165) is 19.3 Å². The molecule has 260 valence electrons. The number of hydrogen-bond acceptors (Lipinski definition) is 11. The van der Waals surface area contributed by atoms with Crippen LogP contribution in [-0.2, 0) is 18.9 Å². The summed E-state index contributed by atoms with van der Waals surface area (Å²) in [4.78, 5) is 0. The molecule has 0 aromatic carbocycles. The molecular weight excluding hydrogens is 584 g/mol. The number of hydrogen-bond donors (Lipinski definition) is 7. The topological polar surface area (TPSA) is 179 Å². The first-order valence-electron chi connectivity index (χ1n) is 17.4. The van der Waals surface area contributed by atoms with Gasteiger partial charge in [0, 0.05) is 24.9 Å². The van der Waals surface area contributed by atoms with Crippen LogP contribution in [0.3, 0.4) is 0 Å². The molecule has 2 aliphatic heterocycles. The smallest absolute Gasteiger partial charge is 0.186 e. The van der Waals surface area contributed by atoms with E-state index in [-0.39, 0.29) is 47.7 Å². The molecule has 0 radical (unpaired) electrons. The van der Waals surface area contributed by atoms with Gasteiger partial charge in [-0.05, 0) is 85.9 Å². The van der Waals surface area contributed by atoms with Crippen LogP contribution >= 0.6 is 0 Å². The van der Waals surface area contributed by atoms with Gasteiger partial charge in [0.1, 0.15) is 24.4 Å². The maximum absolute atomic E-state index is 11.9. The van der Waals surface area contributed by atoms with Crippen molar-refractivity contribution in [3.63, 3.8) is 0 Å². The molecule has 45 heavy (non-hydrogen) atoms. The molecule has 6 aliphatic rings. The van der Waals surface area contributed by atoms with E-state index in [4.69, 9.17) is 18.9 Å². The molecule has 6 fully saturated rings. The van der Waals surface area contributed by atoms with Crippen LogP contribution in [0.15, 0.2) is 0 Å². The van der Waals surface area contributed by atoms with Gasteiger partial charge >= 0.3 is 0 Å². The number of aliphatic hydroxyl groups excluding tert-OH is 7. The first-order chi connectivity index (χ1) is 21.2. The van der Waals surface area contributed by atoms with Crippen LogP contribution in [0.2, 0.25) is 0 Å². The van der Waals surface area contributed by atoms with Crippen LogP contribution in [0.5, 0.6) is 0 Å². The highest BCUT2D eigenvalue weighted by Gasteiger charge is 2.71. The largest absolute Gasteiger partial charge is 0.394 e. The van der Waals surface area contributed by atoms with Crippen molar-refractivity contribution in [2.45, 2.75) is 140 Å². The van der Waals surface area contributed by atoms with Crippen molar-refractivity contribution in [1.29, 1.82) is 0 Å². The molecule has 19 atom stereocenters. The van der Waals surface area contributed by atoms with Crippen molar-refractivity contribution >= 4 is 0 Å². The third-order valence-electron chi connectivity index (χ3n) is 14.1. The third kappa shape index (κ3) is 5.35. The molecule has 0 aromatic heterocycles. The number of aliphatic hydroxyl groups is 7. The van der Waals surface area contributed by atoms with E-state index < -0.39 is 66.8 Å². The fourth-order valence-electron chi connectivity index (χ4n) is 11.7. The molecule has 0 amide bonds. The Morgan fingerprint density at radius 2 is 1.67 bits per heavy atom. The van der Waals surface area contributed by atoms with E-state index in [2.05, 4.69) is 20.8 Å². The van der Waals surface area contributed by atoms with Crippen LogP contribution in [0.1, 0.15) is 79.1 Å². The second kappa shape index (κ2) is 12.5. The molecule has 7 N–H and O–H groups in total. The van der Waals surface area contributed by atoms with Crippen molar-refractivity contribution in [1.82, 2.24) is 0 Å². The predicted octanol–water partition coefficient (Wildman–Crippen LogP) is 1.17. The fourth-order valence-corrected chi connectivity index (χ4v) is 11.7. The molecular formula is C34H58O11. The van der Waals surface area contributed by atoms with Gasteiger partial charge in [-0.25, -0.2) is 0 Å². The summed E-state index contributed by atoms with van der Waals surface area (Å²) in [6.07, 6.45) is -2.04. The normalized spacial score (nSPS) is 56.7. The van der Waals surface area contributed by atoms with Gasteiger partial charge in [0.15, 0.2) is 12.1 Å². The van der Waals surface area contributed by atoms with Crippen molar-refractivity contribution in [3.8, 4) is 0 Å². The fraction of sp³-hybridized carbons (Fsp3) is 1.00. The van der Waals surface area contributed by atoms with Crippen molar-refractivity contribution in [3.05, 3.63) is 0 Å². The van der Waals surface area contributed by atoms with E-state index in [9.17, 15) is 35.7 Å². The molecule has 2 heterocycles. The molecule has 4 aliphatic carbocycles. The Morgan fingerprint density at radius 1 is 0.933 bits per heavy atom. The Bertz CT molecular complexity index is 1050. The quantitative estimate of drug-likeness (QED) is 0.202. The van der Waals surface area contributed by atoms with Gasteiger partial charge in [0.25, 0.3) is 0 Å². The lowest BCUT2D eigenvalue weighted by Crippen LogP contribution is -2.63. The minimum Gasteiger partial charge on any atom is -0.394 e. The lowest BCUT2D eigenvalue weighted by atomic mass is 9.43. The van der Waals surface area contributed by atoms with Crippen molar-refractivity contribution in [2.75, 3.05) is 20.3 Å². The van der Waals surface area contributed by atoms with Crippen LogP contribution in [-0.4, -0.2) is 117 Å². The monoisotopic (exact) mass is 642 g/mol. The average Bonchev–Trinajstić information content (AvgIpc) is 3.44. The summed E-state index contributed by atoms with van der Waals surface area (Å²) in [5.41, 5.74) is -0.512. The van der Waals surface area contributed by atoms with Crippen molar-refractivity contribution < 1.29 is 54.7 Å². The highest BCUT2D eigenvalue weighted by molar-refractivity contribution is 5.18. The van der Waals surface area contributed by atoms with E-state index in [1.807, 2.05) is 6.92 Å². The van der Waals surface area contributed by atoms with Gasteiger partial charge in [-0.2, -0.15) is 0 Å². The minimum atomic E-state index is -1.47. The minimum absolute atomic E-state index is 0.0164. The predicted molar refractivity (Wildman–Crippen MR) is 161 cm³/mol. The molecule has 11 heteroatoms. The van der Waals surface area contributed by atoms with Gasteiger partial charge in [0.2, 0.25) is 0 Å². The molecule has 0 bridgehead atoms. The Kier molecular flexibility index (Phi) is 9.54. The second-order valence-electron chi connectivity index (χ2n) is 16.3. The number of fused-ring (bicyclic) bond motifs is 7. The molecule has 0 aromatic rings. The van der Waals surface area contributed by atoms with Crippen molar-refractivity contribution in [2.24, 2.45) is 52.3 Å². The van der Waals surface area contributed by atoms with E-state index in [0.29, 0.717) is 43.9 Å². The van der Waals surface area contributed by atoms with Gasteiger partial charge in [-0.15, -0.1) is 0 Å². The Balaban J connectivity index is 1.11. The maximum Gasteiger partial charge on any atom is 0.186 e. The SMILES string of the molecule is COC1(CCC(C)COC2OC(CO)C(O)C(O)C2O)OC2CC3C4CCC5CC(O)CC(O)C5(C)C4C(O)CC3(C)C2C1C. The lowest BCUT2D eigenvalue weighted by molar-refractivity contribution is -0.303. The number of ether oxygens (including phenoxy) is 4. The van der Waals surface area contributed by atoms with Gasteiger partial charge < -0.3 is 54.7 Å². The van der Waals surface area contributed by atoms with Gasteiger partial charge in [-0.1, -0.05) is 27.7 Å². The summed E-state index contributed by atoms with van der Waals surface area (Å²) in [5.74, 6) is 0.515. The third-order valence-corrected chi connectivity index (χ3v) is 14.1. The maximum atomic E-state index is 11.9. The van der Waals surface area contributed by atoms with E-state index in [1.165, 1.54) is 0 Å². The Hall–Kier alpha value is -0.440. The summed E-state index contributed by atoms with van der Waals surface area (Å²) in [6.45, 7) is 8.50. The van der Waals surface area contributed by atoms with Crippen LogP contribution in [0, 0.1) is 52.3 Å². The summed E-state index contributed by atoms with van der Waals surface area (Å²) >= 11 is 0. The number of methoxy groups -OCH3 is 1. The molecule has 2 saturated heterocycles. The summed E-state index contributed by atoms with van der Waals surface area (Å²) in [6, 6.07) is 0. The Morgan fingerprint density at radius 3 is 2.36 bits per heavy atom. The zero-order valence-corrected chi connectivity index (χ0v) is 27.6. The zero-order chi connectivity index (χ0) is 32.6. The summed E-state index contributed by atoms with van der Waals surface area (Å²) in [7, 11) is 1.71. The first kappa shape index (κ1) is 34.4. The molecule has 4 saturated carbocycles. The van der Waals surface area contributed by atoms with E-state index >= 15 is 0 Å². The lowest BCUT2D eigenvalue weighted by Gasteiger charge is -2.63. The standard InChI is InChI=1S/C34H58O11/c1-16(15-43-31-30(41)29(40)28(39)24(14-35)44-31)8-9-34(42-5)17(2)26-23(45-34)12-21-20-7-6-18-10-19(36)11-25(38)33(18,4)27(20)22(37)13-32(21,26)3/h16-31,35-41H,6-15H2,1-5H3. The molecule has 0 spiro atoms. The number of rotatable bonds is 8. The van der Waals surface area contributed by atoms with Crippen LogP contribution in [0.25, 0.3) is 0 Å². The summed E-state index contributed by atoms with van der Waals surface area (Å²) in [5, 5.41) is 73.5. The van der Waals surface area contributed by atoms with Gasteiger partial charge in [-0.3, -0.25) is 0 Å². The van der Waals surface area contributed by atoms with Gasteiger partial charge in [0.05, 0.1) is 37.6 Å². The van der Waals surface area contributed by atoms with Crippen LogP contribution < -0.4 is 0 Å². The first-order valence-corrected chi connectivity index (χ1v) is 17.4. The second-order valence-corrected chi connectivity index (χ2v) is 16.3. The highest BCUT2D eigenvalue weighted by Crippen LogP contribution is 2.71. The van der Waals surface area contributed by atoms with E-state index in [1.54, 1.807) is 7.11 Å². The average molecular weight is 643 g/mol. The molecule has 19 unspecified atom stereocenters. The zero-order valence-electron chi connectivity index (χ0n) is 27.6. The Labute approximate surface area is 267 Å².